The third-order valence-corrected chi connectivity index (χ3v) is 3.46. The second kappa shape index (κ2) is 8.31. The third kappa shape index (κ3) is 5.73. The van der Waals surface area contributed by atoms with Gasteiger partial charge >= 0.3 is 12.0 Å². The number of imide groups is 1. The average molecular weight is 320 g/mol. The molecule has 1 rings (SSSR count). The van der Waals surface area contributed by atoms with Crippen molar-refractivity contribution in [3.8, 4) is 0 Å². The molecule has 0 spiro atoms. The SMILES string of the molecule is CC[C@H](C)NC(=O)NC(=O)COC(=O)c1c(C)cc(C)cc1C. The Labute approximate surface area is 136 Å². The topological polar surface area (TPSA) is 84.5 Å². The van der Waals surface area contributed by atoms with Gasteiger partial charge < -0.3 is 10.1 Å². The summed E-state index contributed by atoms with van der Waals surface area (Å²) in [5, 5.41) is 4.72. The van der Waals surface area contributed by atoms with Crippen LogP contribution in [0.3, 0.4) is 0 Å². The molecular weight excluding hydrogens is 296 g/mol. The fourth-order valence-corrected chi connectivity index (χ4v) is 2.23. The van der Waals surface area contributed by atoms with E-state index in [-0.39, 0.29) is 6.04 Å². The maximum atomic E-state index is 12.1. The van der Waals surface area contributed by atoms with Gasteiger partial charge in [-0.15, -0.1) is 0 Å². The van der Waals surface area contributed by atoms with Crippen molar-refractivity contribution in [3.05, 3.63) is 34.4 Å². The van der Waals surface area contributed by atoms with Crippen molar-refractivity contribution < 1.29 is 19.1 Å². The van der Waals surface area contributed by atoms with Gasteiger partial charge in [-0.25, -0.2) is 9.59 Å². The number of benzene rings is 1. The van der Waals surface area contributed by atoms with Gasteiger partial charge in [0.25, 0.3) is 5.91 Å². The molecule has 0 bridgehead atoms. The smallest absolute Gasteiger partial charge is 0.339 e. The van der Waals surface area contributed by atoms with Crippen LogP contribution in [0.15, 0.2) is 12.1 Å². The maximum absolute atomic E-state index is 12.1. The fraction of sp³-hybridized carbons (Fsp3) is 0.471. The summed E-state index contributed by atoms with van der Waals surface area (Å²) in [4.78, 5) is 35.2. The molecule has 0 aliphatic rings. The molecule has 1 aromatic carbocycles. The quantitative estimate of drug-likeness (QED) is 0.816. The first kappa shape index (κ1) is 18.7. The van der Waals surface area contributed by atoms with E-state index in [9.17, 15) is 14.4 Å². The number of amides is 3. The molecule has 2 N–H and O–H groups in total. The highest BCUT2D eigenvalue weighted by atomic mass is 16.5. The van der Waals surface area contributed by atoms with Crippen molar-refractivity contribution in [2.75, 3.05) is 6.61 Å². The van der Waals surface area contributed by atoms with Crippen LogP contribution in [0.1, 0.15) is 47.3 Å². The van der Waals surface area contributed by atoms with Crippen molar-refractivity contribution >= 4 is 17.9 Å². The van der Waals surface area contributed by atoms with E-state index in [1.165, 1.54) is 0 Å². The molecule has 23 heavy (non-hydrogen) atoms. The number of hydrogen-bond donors (Lipinski definition) is 2. The number of rotatable bonds is 5. The highest BCUT2D eigenvalue weighted by Crippen LogP contribution is 2.17. The van der Waals surface area contributed by atoms with Crippen LogP contribution in [0.5, 0.6) is 0 Å². The zero-order valence-corrected chi connectivity index (χ0v) is 14.3. The molecule has 0 aliphatic heterocycles. The fourth-order valence-electron chi connectivity index (χ4n) is 2.23. The molecule has 126 valence electrons. The predicted octanol–water partition coefficient (Wildman–Crippen LogP) is 2.39. The van der Waals surface area contributed by atoms with Gasteiger partial charge in [-0.05, 0) is 45.2 Å². The first-order valence-electron chi connectivity index (χ1n) is 7.59. The molecule has 6 heteroatoms. The predicted molar refractivity (Wildman–Crippen MR) is 87.4 cm³/mol. The van der Waals surface area contributed by atoms with E-state index < -0.39 is 24.5 Å². The molecule has 0 heterocycles. The Morgan fingerprint density at radius 1 is 1.13 bits per heavy atom. The molecule has 0 saturated heterocycles. The van der Waals surface area contributed by atoms with Gasteiger partial charge in [-0.2, -0.15) is 0 Å². The van der Waals surface area contributed by atoms with E-state index in [0.29, 0.717) is 5.56 Å². The number of carbonyl (C=O) groups is 3. The number of nitrogens with one attached hydrogen (secondary N) is 2. The van der Waals surface area contributed by atoms with Gasteiger partial charge in [-0.1, -0.05) is 24.6 Å². The Hall–Kier alpha value is -2.37. The summed E-state index contributed by atoms with van der Waals surface area (Å²) < 4.78 is 4.99. The van der Waals surface area contributed by atoms with Gasteiger partial charge in [0.05, 0.1) is 5.56 Å². The Bertz CT molecular complexity index is 588. The van der Waals surface area contributed by atoms with Gasteiger partial charge in [0, 0.05) is 6.04 Å². The zero-order chi connectivity index (χ0) is 17.6. The first-order chi connectivity index (χ1) is 10.7. The van der Waals surface area contributed by atoms with Crippen LogP contribution in [-0.4, -0.2) is 30.6 Å². The Kier molecular flexibility index (Phi) is 6.75. The number of hydrogen-bond acceptors (Lipinski definition) is 4. The molecular formula is C17H24N2O4. The van der Waals surface area contributed by atoms with Crippen molar-refractivity contribution in [3.63, 3.8) is 0 Å². The number of aryl methyl sites for hydroxylation is 3. The van der Waals surface area contributed by atoms with Crippen LogP contribution in [0.25, 0.3) is 0 Å². The molecule has 0 aromatic heterocycles. The first-order valence-corrected chi connectivity index (χ1v) is 7.59. The van der Waals surface area contributed by atoms with E-state index in [0.717, 1.165) is 23.1 Å². The highest BCUT2D eigenvalue weighted by molar-refractivity contribution is 5.98. The molecule has 0 unspecified atom stereocenters. The molecule has 3 amide bonds. The van der Waals surface area contributed by atoms with Gasteiger partial charge in [-0.3, -0.25) is 10.1 Å². The molecule has 0 aliphatic carbocycles. The lowest BCUT2D eigenvalue weighted by molar-refractivity contribution is -0.123. The summed E-state index contributed by atoms with van der Waals surface area (Å²) in [6.45, 7) is 8.82. The lowest BCUT2D eigenvalue weighted by Gasteiger charge is -2.13. The van der Waals surface area contributed by atoms with Crippen LogP contribution < -0.4 is 10.6 Å². The average Bonchev–Trinajstić information content (AvgIpc) is 2.43. The monoisotopic (exact) mass is 320 g/mol. The summed E-state index contributed by atoms with van der Waals surface area (Å²) >= 11 is 0. The minimum atomic E-state index is -0.665. The van der Waals surface area contributed by atoms with Gasteiger partial charge in [0.15, 0.2) is 6.61 Å². The van der Waals surface area contributed by atoms with E-state index in [4.69, 9.17) is 4.74 Å². The van der Waals surface area contributed by atoms with E-state index >= 15 is 0 Å². The zero-order valence-electron chi connectivity index (χ0n) is 14.3. The normalized spacial score (nSPS) is 11.5. The Morgan fingerprint density at radius 3 is 2.22 bits per heavy atom. The van der Waals surface area contributed by atoms with Crippen molar-refractivity contribution in [1.82, 2.24) is 10.6 Å². The summed E-state index contributed by atoms with van der Waals surface area (Å²) in [5.41, 5.74) is 3.09. The summed E-state index contributed by atoms with van der Waals surface area (Å²) in [5.74, 6) is -1.24. The minimum Gasteiger partial charge on any atom is -0.452 e. The van der Waals surface area contributed by atoms with Gasteiger partial charge in [0.2, 0.25) is 0 Å². The largest absolute Gasteiger partial charge is 0.452 e. The minimum absolute atomic E-state index is 0.0387. The van der Waals surface area contributed by atoms with Crippen LogP contribution in [0.4, 0.5) is 4.79 Å². The molecule has 0 radical (unpaired) electrons. The third-order valence-electron chi connectivity index (χ3n) is 3.46. The van der Waals surface area contributed by atoms with E-state index in [2.05, 4.69) is 10.6 Å². The molecule has 0 saturated carbocycles. The summed E-state index contributed by atoms with van der Waals surface area (Å²) in [7, 11) is 0. The van der Waals surface area contributed by atoms with Crippen molar-refractivity contribution in [2.24, 2.45) is 0 Å². The highest BCUT2D eigenvalue weighted by Gasteiger charge is 2.17. The molecule has 1 aromatic rings. The van der Waals surface area contributed by atoms with Crippen molar-refractivity contribution in [2.45, 2.75) is 47.1 Å². The Morgan fingerprint density at radius 2 is 1.70 bits per heavy atom. The molecule has 6 nitrogen and oxygen atoms in total. The van der Waals surface area contributed by atoms with Crippen LogP contribution in [-0.2, 0) is 9.53 Å². The molecule has 0 fully saturated rings. The summed E-state index contributed by atoms with van der Waals surface area (Å²) in [6, 6.07) is 3.12. The Balaban J connectivity index is 2.57. The number of ether oxygens (including phenoxy) is 1. The standard InChI is InChI=1S/C17H24N2O4/c1-6-13(5)18-17(22)19-14(20)9-23-16(21)15-11(3)7-10(2)8-12(15)4/h7-8,13H,6,9H2,1-5H3,(H2,18,19,20,22)/t13-/m0/s1. The maximum Gasteiger partial charge on any atom is 0.339 e. The number of urea groups is 1. The number of carbonyl (C=O) groups excluding carboxylic acids is 3. The van der Waals surface area contributed by atoms with Gasteiger partial charge in [0.1, 0.15) is 0 Å². The van der Waals surface area contributed by atoms with Crippen LogP contribution >= 0.6 is 0 Å². The summed E-state index contributed by atoms with van der Waals surface area (Å²) in [6.07, 6.45) is 0.753. The second-order valence-corrected chi connectivity index (χ2v) is 5.68. The van der Waals surface area contributed by atoms with Crippen LogP contribution in [0, 0.1) is 20.8 Å². The lowest BCUT2D eigenvalue weighted by atomic mass is 10.00. The van der Waals surface area contributed by atoms with Crippen molar-refractivity contribution in [1.29, 1.82) is 0 Å². The van der Waals surface area contributed by atoms with Crippen LogP contribution in [0.2, 0.25) is 0 Å². The number of esters is 1. The lowest BCUT2D eigenvalue weighted by Crippen LogP contribution is -2.44. The molecule has 1 atom stereocenters. The second-order valence-electron chi connectivity index (χ2n) is 5.68. The van der Waals surface area contributed by atoms with E-state index in [1.807, 2.05) is 46.8 Å². The van der Waals surface area contributed by atoms with E-state index in [1.54, 1.807) is 0 Å².